The Morgan fingerprint density at radius 2 is 2.17 bits per heavy atom. The van der Waals surface area contributed by atoms with Gasteiger partial charge in [0.25, 0.3) is 0 Å². The average Bonchev–Trinajstić information content (AvgIpc) is 1.61. The largest absolute Gasteiger partial charge is 0.371 e. The van der Waals surface area contributed by atoms with Gasteiger partial charge < -0.3 is 9.84 Å². The Bertz CT molecular complexity index is 17.5. The van der Waals surface area contributed by atoms with Crippen molar-refractivity contribution in [3.63, 3.8) is 0 Å². The highest BCUT2D eigenvalue weighted by molar-refractivity contribution is 3.85. The molecule has 0 amide bonds. The molecule has 38 valence electrons. The molecule has 0 aliphatic heterocycles. The third-order valence-corrected chi connectivity index (χ3v) is 0.227. The molecule has 0 heterocycles. The van der Waals surface area contributed by atoms with E-state index in [9.17, 15) is 0 Å². The highest BCUT2D eigenvalue weighted by Gasteiger charge is 1.74. The quantitative estimate of drug-likeness (QED) is 0.212. The molecule has 0 aromatic carbocycles. The van der Waals surface area contributed by atoms with Crippen LogP contribution in [0.1, 0.15) is 0 Å². The van der Waals surface area contributed by atoms with E-state index in [0.717, 1.165) is 0 Å². The van der Waals surface area contributed by atoms with Crippen molar-refractivity contribution in [2.24, 2.45) is 0 Å². The zero-order valence-corrected chi connectivity index (χ0v) is 3.13. The second-order valence-corrected chi connectivity index (χ2v) is 0.580. The third kappa shape index (κ3) is 3.84. The predicted octanol–water partition coefficient (Wildman–Crippen LogP) is -0.600. The molecule has 0 aromatic heterocycles. The van der Waals surface area contributed by atoms with E-state index in [2.05, 4.69) is 9.62 Å². The zero-order chi connectivity index (χ0) is 4.83. The molecule has 4 nitrogen and oxygen atoms in total. The minimum atomic E-state index is -0.430. The molecule has 0 fully saturated rings. The Labute approximate surface area is 34.8 Å². The first-order chi connectivity index (χ1) is 2.91. The maximum atomic E-state index is 7.78. The van der Waals surface area contributed by atoms with Crippen LogP contribution < -0.4 is 0 Å². The summed E-state index contributed by atoms with van der Waals surface area (Å²) in [6.07, 6.45) is 0. The van der Waals surface area contributed by atoms with Crippen LogP contribution in [0, 0.1) is 0 Å². The first-order valence-corrected chi connectivity index (χ1v) is 1.36. The predicted molar refractivity (Wildman–Crippen MR) is 16.8 cm³/mol. The fourth-order valence-electron chi connectivity index (χ4n) is 0.0745. The monoisotopic (exact) mass is 94.0 g/mol. The van der Waals surface area contributed by atoms with Gasteiger partial charge in [-0.15, -0.1) is 0 Å². The van der Waals surface area contributed by atoms with Crippen molar-refractivity contribution in [1.29, 1.82) is 0 Å². The standard InChI is InChI=1S/C2H6O4/c3-1-5-2-6-4/h3-4H,1-2H2. The van der Waals surface area contributed by atoms with Crippen LogP contribution in [0.4, 0.5) is 0 Å². The highest BCUT2D eigenvalue weighted by atomic mass is 17.1. The van der Waals surface area contributed by atoms with Crippen molar-refractivity contribution in [2.45, 2.75) is 0 Å². The highest BCUT2D eigenvalue weighted by Crippen LogP contribution is 1.65. The van der Waals surface area contributed by atoms with Crippen LogP contribution in [-0.2, 0) is 9.62 Å². The first kappa shape index (κ1) is 5.84. The molecule has 4 heteroatoms. The number of rotatable bonds is 3. The van der Waals surface area contributed by atoms with Crippen molar-refractivity contribution in [2.75, 3.05) is 13.6 Å². The molecule has 6 heavy (non-hydrogen) atoms. The normalized spacial score (nSPS) is 9.00. The molecule has 0 saturated carbocycles. The number of ether oxygens (including phenoxy) is 1. The van der Waals surface area contributed by atoms with Gasteiger partial charge in [0.05, 0.1) is 0 Å². The molecule has 0 unspecified atom stereocenters. The zero-order valence-electron chi connectivity index (χ0n) is 3.13. The molecule has 0 atom stereocenters. The van der Waals surface area contributed by atoms with Crippen molar-refractivity contribution in [3.8, 4) is 0 Å². The SMILES string of the molecule is OCOCOO. The van der Waals surface area contributed by atoms with Gasteiger partial charge in [0.2, 0.25) is 0 Å². The fourth-order valence-corrected chi connectivity index (χ4v) is 0.0745. The van der Waals surface area contributed by atoms with E-state index in [1.54, 1.807) is 0 Å². The van der Waals surface area contributed by atoms with Gasteiger partial charge in [0.15, 0.2) is 6.79 Å². The van der Waals surface area contributed by atoms with Gasteiger partial charge in [0, 0.05) is 0 Å². The number of aliphatic hydroxyl groups is 1. The van der Waals surface area contributed by atoms with Crippen molar-refractivity contribution in [3.05, 3.63) is 0 Å². The molecule has 0 aliphatic carbocycles. The molecule has 2 N–H and O–H groups in total. The summed E-state index contributed by atoms with van der Waals surface area (Å²) in [5.74, 6) is 0. The minimum absolute atomic E-state index is 0.281. The van der Waals surface area contributed by atoms with E-state index in [1.165, 1.54) is 0 Å². The summed E-state index contributed by atoms with van der Waals surface area (Å²) in [5, 5.41) is 15.2. The summed E-state index contributed by atoms with van der Waals surface area (Å²) in [7, 11) is 0. The lowest BCUT2D eigenvalue weighted by Crippen LogP contribution is -1.96. The van der Waals surface area contributed by atoms with Gasteiger partial charge in [-0.05, 0) is 0 Å². The molecule has 0 bridgehead atoms. The van der Waals surface area contributed by atoms with Crippen LogP contribution in [-0.4, -0.2) is 23.9 Å². The van der Waals surface area contributed by atoms with Crippen molar-refractivity contribution < 1.29 is 20.0 Å². The lowest BCUT2D eigenvalue weighted by atomic mass is 11.4. The van der Waals surface area contributed by atoms with E-state index < -0.39 is 6.79 Å². The van der Waals surface area contributed by atoms with Crippen LogP contribution in [0.25, 0.3) is 0 Å². The van der Waals surface area contributed by atoms with E-state index >= 15 is 0 Å². The first-order valence-electron chi connectivity index (χ1n) is 1.36. The maximum Gasteiger partial charge on any atom is 0.183 e. The van der Waals surface area contributed by atoms with Crippen LogP contribution in [0.2, 0.25) is 0 Å². The van der Waals surface area contributed by atoms with E-state index in [1.807, 2.05) is 0 Å². The van der Waals surface area contributed by atoms with Gasteiger partial charge in [-0.3, -0.25) is 0 Å². The summed E-state index contributed by atoms with van der Waals surface area (Å²) in [4.78, 5) is 3.40. The molecular formula is C2H6O4. The Morgan fingerprint density at radius 1 is 1.50 bits per heavy atom. The van der Waals surface area contributed by atoms with Gasteiger partial charge in [-0.2, -0.15) is 0 Å². The van der Waals surface area contributed by atoms with Crippen LogP contribution in [0.3, 0.4) is 0 Å². The van der Waals surface area contributed by atoms with Crippen LogP contribution in [0.5, 0.6) is 0 Å². The Kier molecular flexibility index (Phi) is 4.71. The van der Waals surface area contributed by atoms with Crippen LogP contribution >= 0.6 is 0 Å². The Balaban J connectivity index is 2.34. The van der Waals surface area contributed by atoms with Gasteiger partial charge in [0.1, 0.15) is 6.79 Å². The topological polar surface area (TPSA) is 58.9 Å². The molecular weight excluding hydrogens is 88.0 g/mol. The smallest absolute Gasteiger partial charge is 0.183 e. The van der Waals surface area contributed by atoms with Crippen molar-refractivity contribution >= 4 is 0 Å². The van der Waals surface area contributed by atoms with E-state index in [0.29, 0.717) is 0 Å². The second-order valence-electron chi connectivity index (χ2n) is 0.580. The lowest BCUT2D eigenvalue weighted by Gasteiger charge is -1.90. The summed E-state index contributed by atoms with van der Waals surface area (Å²) < 4.78 is 4.07. The van der Waals surface area contributed by atoms with Crippen molar-refractivity contribution in [1.82, 2.24) is 0 Å². The second kappa shape index (κ2) is 4.84. The number of hydrogen-bond acceptors (Lipinski definition) is 4. The molecule has 0 aromatic rings. The Morgan fingerprint density at radius 3 is 2.33 bits per heavy atom. The van der Waals surface area contributed by atoms with E-state index in [-0.39, 0.29) is 6.79 Å². The Hall–Kier alpha value is -0.160. The summed E-state index contributed by atoms with van der Waals surface area (Å²) in [6, 6.07) is 0. The molecule has 0 radical (unpaired) electrons. The van der Waals surface area contributed by atoms with E-state index in [4.69, 9.17) is 10.4 Å². The maximum absolute atomic E-state index is 7.78. The summed E-state index contributed by atoms with van der Waals surface area (Å²) in [5.41, 5.74) is 0. The van der Waals surface area contributed by atoms with Gasteiger partial charge in [-0.1, -0.05) is 0 Å². The number of aliphatic hydroxyl groups excluding tert-OH is 1. The van der Waals surface area contributed by atoms with Crippen LogP contribution in [0.15, 0.2) is 0 Å². The summed E-state index contributed by atoms with van der Waals surface area (Å²) in [6.45, 7) is -0.711. The summed E-state index contributed by atoms with van der Waals surface area (Å²) >= 11 is 0. The lowest BCUT2D eigenvalue weighted by molar-refractivity contribution is -0.305. The molecule has 0 saturated heterocycles. The van der Waals surface area contributed by atoms with Gasteiger partial charge in [-0.25, -0.2) is 10.1 Å². The average molecular weight is 94.1 g/mol. The molecule has 0 aliphatic rings. The fraction of sp³-hybridized carbons (Fsp3) is 1.00. The third-order valence-electron chi connectivity index (χ3n) is 0.227. The minimum Gasteiger partial charge on any atom is -0.371 e. The number of hydrogen-bond donors (Lipinski definition) is 2. The van der Waals surface area contributed by atoms with Gasteiger partial charge >= 0.3 is 0 Å². The molecule has 0 spiro atoms. The molecule has 0 rings (SSSR count).